The van der Waals surface area contributed by atoms with Gasteiger partial charge >= 0.3 is 0 Å². The van der Waals surface area contributed by atoms with Crippen molar-refractivity contribution >= 4 is 16.1 Å². The molecule has 0 aliphatic carbocycles. The second-order valence-electron chi connectivity index (χ2n) is 5.75. The molecule has 0 amide bonds. The third-order valence-corrected chi connectivity index (χ3v) is 5.52. The highest BCUT2D eigenvalue weighted by atomic mass is 32.2. The highest BCUT2D eigenvalue weighted by Crippen LogP contribution is 2.33. The van der Waals surface area contributed by atoms with E-state index in [1.807, 2.05) is 26.0 Å². The predicted molar refractivity (Wildman–Crippen MR) is 79.8 cm³/mol. The van der Waals surface area contributed by atoms with E-state index in [0.29, 0.717) is 36.9 Å². The van der Waals surface area contributed by atoms with Gasteiger partial charge < -0.3 is 9.47 Å². The smallest absolute Gasteiger partial charge is 0.243 e. The van der Waals surface area contributed by atoms with Crippen molar-refractivity contribution in [3.05, 3.63) is 29.8 Å². The number of morpholine rings is 1. The highest BCUT2D eigenvalue weighted by Gasteiger charge is 2.28. The topological polar surface area (TPSA) is 55.8 Å². The Hall–Kier alpha value is -1.37. The molecule has 3 rings (SSSR count). The molecule has 1 fully saturated rings. The Morgan fingerprint density at radius 1 is 1.19 bits per heavy atom. The molecule has 0 radical (unpaired) electrons. The number of nitrogens with zero attached hydrogens (tertiary/aromatic N) is 1. The number of hydrogen-bond acceptors (Lipinski definition) is 4. The van der Waals surface area contributed by atoms with Gasteiger partial charge in [0.25, 0.3) is 0 Å². The van der Waals surface area contributed by atoms with Crippen LogP contribution in [0.3, 0.4) is 0 Å². The van der Waals surface area contributed by atoms with Gasteiger partial charge in [-0.3, -0.25) is 0 Å². The number of sulfonamides is 1. The Morgan fingerprint density at radius 2 is 1.90 bits per heavy atom. The number of rotatable bonds is 2. The molecular formula is C15H19NO4S. The lowest BCUT2D eigenvalue weighted by Gasteiger charge is -2.29. The molecule has 6 heteroatoms. The molecule has 114 valence electrons. The average molecular weight is 309 g/mol. The van der Waals surface area contributed by atoms with E-state index in [-0.39, 0.29) is 5.60 Å². The summed E-state index contributed by atoms with van der Waals surface area (Å²) in [5, 5.41) is 0. The molecule has 0 aromatic heterocycles. The van der Waals surface area contributed by atoms with E-state index < -0.39 is 10.0 Å². The first-order valence-corrected chi connectivity index (χ1v) is 8.43. The van der Waals surface area contributed by atoms with Gasteiger partial charge in [0.1, 0.15) is 11.4 Å². The van der Waals surface area contributed by atoms with Crippen molar-refractivity contribution < 1.29 is 17.9 Å². The monoisotopic (exact) mass is 309 g/mol. The van der Waals surface area contributed by atoms with Crippen molar-refractivity contribution in [3.63, 3.8) is 0 Å². The normalized spacial score (nSPS) is 21.6. The third-order valence-electron chi connectivity index (χ3n) is 3.63. The molecule has 0 N–H and O–H groups in total. The second kappa shape index (κ2) is 5.12. The van der Waals surface area contributed by atoms with Crippen molar-refractivity contribution in [2.75, 3.05) is 26.3 Å². The molecule has 0 atom stereocenters. The van der Waals surface area contributed by atoms with Gasteiger partial charge in [0, 0.05) is 18.7 Å². The van der Waals surface area contributed by atoms with Crippen LogP contribution < -0.4 is 4.74 Å². The van der Waals surface area contributed by atoms with Gasteiger partial charge in [-0.1, -0.05) is 6.08 Å². The Bertz CT molecular complexity index is 673. The highest BCUT2D eigenvalue weighted by molar-refractivity contribution is 7.89. The van der Waals surface area contributed by atoms with E-state index in [9.17, 15) is 8.42 Å². The van der Waals surface area contributed by atoms with Crippen LogP contribution in [0.1, 0.15) is 19.4 Å². The lowest BCUT2D eigenvalue weighted by atomic mass is 10.0. The summed E-state index contributed by atoms with van der Waals surface area (Å²) < 4.78 is 37.7. The van der Waals surface area contributed by atoms with Crippen LogP contribution in [0.5, 0.6) is 5.75 Å². The van der Waals surface area contributed by atoms with Gasteiger partial charge in [-0.15, -0.1) is 0 Å². The van der Waals surface area contributed by atoms with E-state index in [0.717, 1.165) is 5.56 Å². The van der Waals surface area contributed by atoms with Gasteiger partial charge in [-0.2, -0.15) is 4.31 Å². The number of ether oxygens (including phenoxy) is 2. The minimum absolute atomic E-state index is 0.302. The standard InChI is InChI=1S/C15H19NO4S/c1-15(2)6-5-12-11-13(3-4-14(12)20-15)21(17,18)16-7-9-19-10-8-16/h3-6,11H,7-10H2,1-2H3. The molecule has 0 saturated carbocycles. The molecule has 21 heavy (non-hydrogen) atoms. The molecule has 1 aromatic carbocycles. The molecule has 0 unspecified atom stereocenters. The second-order valence-corrected chi connectivity index (χ2v) is 7.69. The SMILES string of the molecule is CC1(C)C=Cc2cc(S(=O)(=O)N3CCOCC3)ccc2O1. The minimum atomic E-state index is -3.46. The van der Waals surface area contributed by atoms with E-state index in [4.69, 9.17) is 9.47 Å². The van der Waals surface area contributed by atoms with Crippen LogP contribution >= 0.6 is 0 Å². The molecule has 0 bridgehead atoms. The first-order valence-electron chi connectivity index (χ1n) is 6.99. The summed E-state index contributed by atoms with van der Waals surface area (Å²) in [6.07, 6.45) is 3.84. The van der Waals surface area contributed by atoms with E-state index in [1.165, 1.54) is 4.31 Å². The summed E-state index contributed by atoms with van der Waals surface area (Å²) >= 11 is 0. The largest absolute Gasteiger partial charge is 0.483 e. The lowest BCUT2D eigenvalue weighted by Crippen LogP contribution is -2.40. The average Bonchev–Trinajstić information content (AvgIpc) is 2.46. The van der Waals surface area contributed by atoms with E-state index in [2.05, 4.69) is 0 Å². The predicted octanol–water partition coefficient (Wildman–Crippen LogP) is 1.89. The van der Waals surface area contributed by atoms with Crippen molar-refractivity contribution in [2.45, 2.75) is 24.3 Å². The number of hydrogen-bond donors (Lipinski definition) is 0. The van der Waals surface area contributed by atoms with Crippen LogP contribution in [0.4, 0.5) is 0 Å². The molecule has 1 aromatic rings. The zero-order valence-electron chi connectivity index (χ0n) is 12.2. The Kier molecular flexibility index (Phi) is 3.55. The molecule has 0 spiro atoms. The van der Waals surface area contributed by atoms with Gasteiger partial charge in [0.05, 0.1) is 18.1 Å². The summed E-state index contributed by atoms with van der Waals surface area (Å²) in [6, 6.07) is 5.01. The number of benzene rings is 1. The Labute approximate surface area is 125 Å². The maximum Gasteiger partial charge on any atom is 0.243 e. The van der Waals surface area contributed by atoms with Gasteiger partial charge in [0.15, 0.2) is 0 Å². The van der Waals surface area contributed by atoms with E-state index in [1.54, 1.807) is 18.2 Å². The summed E-state index contributed by atoms with van der Waals surface area (Å²) in [5.74, 6) is 0.712. The molecule has 2 aliphatic heterocycles. The summed E-state index contributed by atoms with van der Waals surface area (Å²) in [5.41, 5.74) is 0.432. The van der Waals surface area contributed by atoms with Crippen molar-refractivity contribution in [2.24, 2.45) is 0 Å². The fourth-order valence-corrected chi connectivity index (χ4v) is 3.90. The first-order chi connectivity index (χ1) is 9.88. The molecule has 2 heterocycles. The van der Waals surface area contributed by atoms with Crippen LogP contribution in [-0.4, -0.2) is 44.6 Å². The first kappa shape index (κ1) is 14.6. The van der Waals surface area contributed by atoms with Crippen LogP contribution in [0, 0.1) is 0 Å². The molecule has 2 aliphatic rings. The summed E-state index contributed by atoms with van der Waals surface area (Å²) in [4.78, 5) is 0.302. The maximum absolute atomic E-state index is 12.6. The zero-order valence-corrected chi connectivity index (χ0v) is 13.0. The van der Waals surface area contributed by atoms with Crippen LogP contribution in [0.15, 0.2) is 29.2 Å². The fraction of sp³-hybridized carbons (Fsp3) is 0.467. The summed E-state index contributed by atoms with van der Waals surface area (Å²) in [7, 11) is -3.46. The quantitative estimate of drug-likeness (QED) is 0.837. The number of fused-ring (bicyclic) bond motifs is 1. The third kappa shape index (κ3) is 2.84. The Morgan fingerprint density at radius 3 is 2.62 bits per heavy atom. The van der Waals surface area contributed by atoms with Gasteiger partial charge in [-0.25, -0.2) is 8.42 Å². The van der Waals surface area contributed by atoms with Crippen LogP contribution in [0.2, 0.25) is 0 Å². The lowest BCUT2D eigenvalue weighted by molar-refractivity contribution is 0.0730. The van der Waals surface area contributed by atoms with Crippen LogP contribution in [0.25, 0.3) is 6.08 Å². The summed E-state index contributed by atoms with van der Waals surface area (Å²) in [6.45, 7) is 5.62. The molecule has 1 saturated heterocycles. The van der Waals surface area contributed by atoms with Crippen molar-refractivity contribution in [1.82, 2.24) is 4.31 Å². The molecule has 5 nitrogen and oxygen atoms in total. The minimum Gasteiger partial charge on any atom is -0.483 e. The van der Waals surface area contributed by atoms with Crippen molar-refractivity contribution in [3.8, 4) is 5.75 Å². The molecular weight excluding hydrogens is 290 g/mol. The maximum atomic E-state index is 12.6. The van der Waals surface area contributed by atoms with Gasteiger partial charge in [0.2, 0.25) is 10.0 Å². The van der Waals surface area contributed by atoms with Crippen molar-refractivity contribution in [1.29, 1.82) is 0 Å². The Balaban J connectivity index is 1.94. The fourth-order valence-electron chi connectivity index (χ4n) is 2.45. The van der Waals surface area contributed by atoms with Crippen LogP contribution in [-0.2, 0) is 14.8 Å². The van der Waals surface area contributed by atoms with Gasteiger partial charge in [-0.05, 0) is 38.1 Å². The zero-order chi connectivity index (χ0) is 15.1. The van der Waals surface area contributed by atoms with E-state index >= 15 is 0 Å².